The summed E-state index contributed by atoms with van der Waals surface area (Å²) in [6.45, 7) is 2.29. The molecule has 110 valence electrons. The second-order valence-electron chi connectivity index (χ2n) is 5.65. The summed E-state index contributed by atoms with van der Waals surface area (Å²) < 4.78 is 1.29. The topological polar surface area (TPSA) is 52.5 Å². The van der Waals surface area contributed by atoms with Crippen molar-refractivity contribution in [2.24, 2.45) is 0 Å². The number of hydrogen-bond donors (Lipinski definition) is 3. The Labute approximate surface area is 127 Å². The third-order valence-corrected chi connectivity index (χ3v) is 5.03. The maximum absolute atomic E-state index is 9.33. The molecule has 0 bridgehead atoms. The maximum Gasteiger partial charge on any atom is 0.0633 e. The summed E-state index contributed by atoms with van der Waals surface area (Å²) in [5, 5.41) is 25.7. The summed E-state index contributed by atoms with van der Waals surface area (Å²) in [5.41, 5.74) is -0.641. The Bertz CT molecular complexity index is 762. The normalized spacial score (nSPS) is 12.3. The van der Waals surface area contributed by atoms with Crippen LogP contribution in [0.4, 0.5) is 0 Å². The van der Waals surface area contributed by atoms with E-state index in [4.69, 9.17) is 0 Å². The van der Waals surface area contributed by atoms with E-state index in [1.807, 2.05) is 6.92 Å². The molecule has 4 heteroatoms. The Morgan fingerprint density at radius 3 is 2.52 bits per heavy atom. The summed E-state index contributed by atoms with van der Waals surface area (Å²) in [6.07, 6.45) is 0. The molecule has 0 spiro atoms. The molecule has 2 aromatic carbocycles. The number of aliphatic hydroxyl groups is 2. The second-order valence-corrected chi connectivity index (χ2v) is 6.78. The van der Waals surface area contributed by atoms with Gasteiger partial charge in [-0.3, -0.25) is 0 Å². The van der Waals surface area contributed by atoms with Crippen LogP contribution in [0.15, 0.2) is 42.5 Å². The van der Waals surface area contributed by atoms with Crippen LogP contribution in [0.3, 0.4) is 0 Å². The molecule has 3 N–H and O–H groups in total. The Balaban J connectivity index is 1.93. The minimum atomic E-state index is -0.641. The average Bonchev–Trinajstić information content (AvgIpc) is 2.96. The molecule has 0 aliphatic heterocycles. The van der Waals surface area contributed by atoms with Gasteiger partial charge in [0, 0.05) is 16.1 Å². The van der Waals surface area contributed by atoms with Crippen LogP contribution < -0.4 is 5.32 Å². The maximum atomic E-state index is 9.33. The van der Waals surface area contributed by atoms with Gasteiger partial charge in [-0.1, -0.05) is 36.4 Å². The standard InChI is InChI=1S/C17H19NO2S/c1-17(10-19,11-20)18-9-14-8-13-7-6-12-4-2-3-5-15(12)16(13)21-14/h2-8,18-20H,9-11H2,1H3. The monoisotopic (exact) mass is 301 g/mol. The van der Waals surface area contributed by atoms with Gasteiger partial charge in [-0.2, -0.15) is 0 Å². The van der Waals surface area contributed by atoms with Gasteiger partial charge in [0.05, 0.1) is 18.8 Å². The van der Waals surface area contributed by atoms with E-state index < -0.39 is 5.54 Å². The van der Waals surface area contributed by atoms with Gasteiger partial charge in [-0.25, -0.2) is 0 Å². The highest BCUT2D eigenvalue weighted by atomic mass is 32.1. The molecular weight excluding hydrogens is 282 g/mol. The highest BCUT2D eigenvalue weighted by molar-refractivity contribution is 7.20. The number of benzene rings is 2. The first kappa shape index (κ1) is 14.5. The van der Waals surface area contributed by atoms with Crippen LogP contribution in [-0.2, 0) is 6.54 Å². The lowest BCUT2D eigenvalue weighted by Gasteiger charge is -2.25. The summed E-state index contributed by atoms with van der Waals surface area (Å²) in [7, 11) is 0. The van der Waals surface area contributed by atoms with Gasteiger partial charge < -0.3 is 15.5 Å². The van der Waals surface area contributed by atoms with Gasteiger partial charge in [0.15, 0.2) is 0 Å². The fourth-order valence-corrected chi connectivity index (χ4v) is 3.50. The van der Waals surface area contributed by atoms with E-state index in [0.29, 0.717) is 6.54 Å². The summed E-state index contributed by atoms with van der Waals surface area (Å²) >= 11 is 1.76. The van der Waals surface area contributed by atoms with Crippen molar-refractivity contribution in [3.8, 4) is 0 Å². The van der Waals surface area contributed by atoms with Crippen molar-refractivity contribution in [1.82, 2.24) is 5.32 Å². The van der Waals surface area contributed by atoms with Gasteiger partial charge in [-0.15, -0.1) is 11.3 Å². The third-order valence-electron chi connectivity index (χ3n) is 3.85. The molecule has 0 unspecified atom stereocenters. The quantitative estimate of drug-likeness (QED) is 0.679. The minimum absolute atomic E-state index is 0.0860. The molecule has 1 aromatic heterocycles. The molecule has 3 aromatic rings. The van der Waals surface area contributed by atoms with E-state index in [2.05, 4.69) is 47.8 Å². The van der Waals surface area contributed by atoms with Crippen LogP contribution in [-0.4, -0.2) is 29.0 Å². The van der Waals surface area contributed by atoms with Crippen LogP contribution in [0.1, 0.15) is 11.8 Å². The Morgan fingerprint density at radius 1 is 1.05 bits per heavy atom. The van der Waals surface area contributed by atoms with Crippen molar-refractivity contribution in [2.45, 2.75) is 19.0 Å². The van der Waals surface area contributed by atoms with Gasteiger partial charge in [0.2, 0.25) is 0 Å². The van der Waals surface area contributed by atoms with Crippen LogP contribution in [0.25, 0.3) is 20.9 Å². The Kier molecular flexibility index (Phi) is 3.95. The SMILES string of the molecule is CC(CO)(CO)NCc1cc2ccc3ccccc3c2s1. The van der Waals surface area contributed by atoms with Crippen molar-refractivity contribution in [3.05, 3.63) is 47.3 Å². The lowest BCUT2D eigenvalue weighted by Crippen LogP contribution is -2.48. The molecule has 3 rings (SSSR count). The average molecular weight is 301 g/mol. The highest BCUT2D eigenvalue weighted by Gasteiger charge is 2.21. The number of thiophene rings is 1. The zero-order valence-electron chi connectivity index (χ0n) is 12.0. The molecular formula is C17H19NO2S. The third kappa shape index (κ3) is 2.80. The molecule has 0 aliphatic carbocycles. The van der Waals surface area contributed by atoms with Crippen LogP contribution in [0.5, 0.6) is 0 Å². The number of rotatable bonds is 5. The lowest BCUT2D eigenvalue weighted by molar-refractivity contribution is 0.103. The molecule has 0 fully saturated rings. The first-order chi connectivity index (χ1) is 10.1. The van der Waals surface area contributed by atoms with E-state index in [0.717, 1.165) is 0 Å². The zero-order chi connectivity index (χ0) is 14.9. The summed E-state index contributed by atoms with van der Waals surface area (Å²) in [5.74, 6) is 0. The molecule has 1 heterocycles. The number of nitrogens with one attached hydrogen (secondary N) is 1. The van der Waals surface area contributed by atoms with Crippen molar-refractivity contribution in [1.29, 1.82) is 0 Å². The minimum Gasteiger partial charge on any atom is -0.394 e. The Hall–Kier alpha value is -1.46. The Morgan fingerprint density at radius 2 is 1.76 bits per heavy atom. The molecule has 0 atom stereocenters. The lowest BCUT2D eigenvalue weighted by atomic mass is 10.1. The molecule has 3 nitrogen and oxygen atoms in total. The van der Waals surface area contributed by atoms with Crippen molar-refractivity contribution < 1.29 is 10.2 Å². The number of aliphatic hydroxyl groups excluding tert-OH is 2. The largest absolute Gasteiger partial charge is 0.394 e. The highest BCUT2D eigenvalue weighted by Crippen LogP contribution is 2.32. The molecule has 0 amide bonds. The summed E-state index contributed by atoms with van der Waals surface area (Å²) in [4.78, 5) is 1.20. The smallest absolute Gasteiger partial charge is 0.0633 e. The van der Waals surface area contributed by atoms with E-state index in [1.54, 1.807) is 11.3 Å². The van der Waals surface area contributed by atoms with Gasteiger partial charge in [0.1, 0.15) is 0 Å². The van der Waals surface area contributed by atoms with E-state index in [-0.39, 0.29) is 13.2 Å². The predicted molar refractivity (Wildman–Crippen MR) is 88.7 cm³/mol. The van der Waals surface area contributed by atoms with Gasteiger partial charge in [-0.05, 0) is 29.1 Å². The molecule has 0 radical (unpaired) electrons. The van der Waals surface area contributed by atoms with E-state index in [1.165, 1.54) is 25.7 Å². The van der Waals surface area contributed by atoms with Crippen molar-refractivity contribution >= 4 is 32.2 Å². The van der Waals surface area contributed by atoms with E-state index >= 15 is 0 Å². The van der Waals surface area contributed by atoms with Crippen molar-refractivity contribution in [2.75, 3.05) is 13.2 Å². The van der Waals surface area contributed by atoms with Crippen LogP contribution >= 0.6 is 11.3 Å². The fourth-order valence-electron chi connectivity index (χ4n) is 2.37. The van der Waals surface area contributed by atoms with E-state index in [9.17, 15) is 10.2 Å². The molecule has 21 heavy (non-hydrogen) atoms. The van der Waals surface area contributed by atoms with Crippen LogP contribution in [0, 0.1) is 0 Å². The molecule has 0 aliphatic rings. The molecule has 0 saturated heterocycles. The summed E-state index contributed by atoms with van der Waals surface area (Å²) in [6, 6.07) is 14.9. The van der Waals surface area contributed by atoms with Gasteiger partial charge in [0.25, 0.3) is 0 Å². The van der Waals surface area contributed by atoms with Crippen LogP contribution in [0.2, 0.25) is 0 Å². The second kappa shape index (κ2) is 5.73. The zero-order valence-corrected chi connectivity index (χ0v) is 12.8. The number of fused-ring (bicyclic) bond motifs is 3. The first-order valence-corrected chi connectivity index (χ1v) is 7.84. The number of hydrogen-bond acceptors (Lipinski definition) is 4. The van der Waals surface area contributed by atoms with Crippen molar-refractivity contribution in [3.63, 3.8) is 0 Å². The first-order valence-electron chi connectivity index (χ1n) is 7.02. The molecule has 0 saturated carbocycles. The van der Waals surface area contributed by atoms with Gasteiger partial charge >= 0.3 is 0 Å². The fraction of sp³-hybridized carbons (Fsp3) is 0.294. The predicted octanol–water partition coefficient (Wildman–Crippen LogP) is 2.89.